The Morgan fingerprint density at radius 3 is 2.50 bits per heavy atom. The van der Waals surface area contributed by atoms with Gasteiger partial charge in [-0.1, -0.05) is 30.3 Å². The van der Waals surface area contributed by atoms with Crippen LogP contribution in [0.15, 0.2) is 73.3 Å². The highest BCUT2D eigenvalue weighted by molar-refractivity contribution is 5.92. The van der Waals surface area contributed by atoms with Crippen LogP contribution >= 0.6 is 0 Å². The van der Waals surface area contributed by atoms with Gasteiger partial charge in [0.05, 0.1) is 12.2 Å². The fourth-order valence-corrected chi connectivity index (χ4v) is 2.45. The number of hydrogen-bond acceptors (Lipinski definition) is 3. The van der Waals surface area contributed by atoms with Crippen LogP contribution in [0.3, 0.4) is 0 Å². The largest absolute Gasteiger partial charge is 0.342 e. The SMILES string of the molecule is Cn1cc(C=CC(=O)NC(c2ccccc2)c2ccncc2)cn1. The Morgan fingerprint density at radius 1 is 1.12 bits per heavy atom. The Morgan fingerprint density at radius 2 is 1.83 bits per heavy atom. The molecule has 0 radical (unpaired) electrons. The normalized spacial score (nSPS) is 12.2. The summed E-state index contributed by atoms with van der Waals surface area (Å²) in [5, 5.41) is 7.12. The second-order valence-electron chi connectivity index (χ2n) is 5.41. The van der Waals surface area contributed by atoms with Gasteiger partial charge in [-0.15, -0.1) is 0 Å². The van der Waals surface area contributed by atoms with Gasteiger partial charge in [-0.3, -0.25) is 14.5 Å². The summed E-state index contributed by atoms with van der Waals surface area (Å²) in [5.74, 6) is -0.162. The number of aromatic nitrogens is 3. The van der Waals surface area contributed by atoms with Crippen molar-refractivity contribution < 1.29 is 4.79 Å². The molecule has 0 saturated heterocycles. The van der Waals surface area contributed by atoms with Crippen LogP contribution < -0.4 is 5.32 Å². The van der Waals surface area contributed by atoms with Gasteiger partial charge < -0.3 is 5.32 Å². The van der Waals surface area contributed by atoms with Gasteiger partial charge in [-0.25, -0.2) is 0 Å². The van der Waals surface area contributed by atoms with E-state index in [-0.39, 0.29) is 11.9 Å². The van der Waals surface area contributed by atoms with Gasteiger partial charge in [-0.05, 0) is 29.3 Å². The van der Waals surface area contributed by atoms with Crippen LogP contribution in [0.25, 0.3) is 6.08 Å². The molecule has 2 heterocycles. The Hall–Kier alpha value is -3.21. The summed E-state index contributed by atoms with van der Waals surface area (Å²) >= 11 is 0. The number of carbonyl (C=O) groups excluding carboxylic acids is 1. The van der Waals surface area contributed by atoms with E-state index in [1.54, 1.807) is 29.3 Å². The molecule has 0 spiro atoms. The van der Waals surface area contributed by atoms with E-state index in [2.05, 4.69) is 15.4 Å². The zero-order valence-corrected chi connectivity index (χ0v) is 13.3. The van der Waals surface area contributed by atoms with Crippen LogP contribution in [-0.2, 0) is 11.8 Å². The van der Waals surface area contributed by atoms with Crippen LogP contribution in [0.5, 0.6) is 0 Å². The van der Waals surface area contributed by atoms with Gasteiger partial charge in [0.1, 0.15) is 0 Å². The highest BCUT2D eigenvalue weighted by atomic mass is 16.1. The lowest BCUT2D eigenvalue weighted by atomic mass is 9.99. The Balaban J connectivity index is 1.79. The molecule has 3 rings (SSSR count). The van der Waals surface area contributed by atoms with Crippen molar-refractivity contribution >= 4 is 12.0 Å². The lowest BCUT2D eigenvalue weighted by Crippen LogP contribution is -2.27. The average Bonchev–Trinajstić information content (AvgIpc) is 3.05. The molecule has 0 bridgehead atoms. The molecule has 24 heavy (non-hydrogen) atoms. The Labute approximate surface area is 140 Å². The van der Waals surface area contributed by atoms with Crippen molar-refractivity contribution in [2.75, 3.05) is 0 Å². The molecule has 0 aliphatic rings. The van der Waals surface area contributed by atoms with E-state index < -0.39 is 0 Å². The zero-order valence-electron chi connectivity index (χ0n) is 13.3. The van der Waals surface area contributed by atoms with Gasteiger partial charge in [0.2, 0.25) is 5.91 Å². The molecule has 0 aliphatic heterocycles. The smallest absolute Gasteiger partial charge is 0.244 e. The van der Waals surface area contributed by atoms with Crippen LogP contribution in [0.1, 0.15) is 22.7 Å². The minimum atomic E-state index is -0.222. The lowest BCUT2D eigenvalue weighted by Gasteiger charge is -2.18. The number of benzene rings is 1. The minimum absolute atomic E-state index is 0.162. The molecule has 5 nitrogen and oxygen atoms in total. The van der Waals surface area contributed by atoms with E-state index in [0.29, 0.717) is 0 Å². The second-order valence-corrected chi connectivity index (χ2v) is 5.41. The molecule has 5 heteroatoms. The van der Waals surface area contributed by atoms with Gasteiger partial charge in [0, 0.05) is 37.3 Å². The van der Waals surface area contributed by atoms with Crippen molar-refractivity contribution in [3.05, 3.63) is 90.0 Å². The van der Waals surface area contributed by atoms with Crippen molar-refractivity contribution in [2.24, 2.45) is 7.05 Å². The number of aryl methyl sites for hydroxylation is 1. The lowest BCUT2D eigenvalue weighted by molar-refractivity contribution is -0.116. The van der Waals surface area contributed by atoms with Crippen molar-refractivity contribution in [1.29, 1.82) is 0 Å². The van der Waals surface area contributed by atoms with Crippen LogP contribution in [-0.4, -0.2) is 20.7 Å². The molecule has 1 amide bonds. The standard InChI is InChI=1S/C19H18N4O/c1-23-14-15(13-21-23)7-8-18(24)22-19(16-5-3-2-4-6-16)17-9-11-20-12-10-17/h2-14,19H,1H3,(H,22,24). The highest BCUT2D eigenvalue weighted by Crippen LogP contribution is 2.21. The first-order valence-corrected chi connectivity index (χ1v) is 7.64. The summed E-state index contributed by atoms with van der Waals surface area (Å²) in [4.78, 5) is 16.4. The first-order chi connectivity index (χ1) is 11.7. The van der Waals surface area contributed by atoms with Gasteiger partial charge in [0.25, 0.3) is 0 Å². The molecule has 0 saturated carbocycles. The first-order valence-electron chi connectivity index (χ1n) is 7.64. The van der Waals surface area contributed by atoms with Gasteiger partial charge >= 0.3 is 0 Å². The molecular weight excluding hydrogens is 300 g/mol. The third-order valence-corrected chi connectivity index (χ3v) is 3.61. The number of pyridine rings is 1. The molecule has 1 N–H and O–H groups in total. The maximum absolute atomic E-state index is 12.3. The molecule has 3 aromatic rings. The molecule has 1 aromatic carbocycles. The third-order valence-electron chi connectivity index (χ3n) is 3.61. The number of hydrogen-bond donors (Lipinski definition) is 1. The molecule has 2 aromatic heterocycles. The average molecular weight is 318 g/mol. The fraction of sp³-hybridized carbons (Fsp3) is 0.105. The van der Waals surface area contributed by atoms with Crippen LogP contribution in [0.4, 0.5) is 0 Å². The number of nitrogens with one attached hydrogen (secondary N) is 1. The maximum Gasteiger partial charge on any atom is 0.244 e. The molecule has 0 aliphatic carbocycles. The summed E-state index contributed by atoms with van der Waals surface area (Å²) < 4.78 is 1.70. The third kappa shape index (κ3) is 3.95. The summed E-state index contributed by atoms with van der Waals surface area (Å²) in [5.41, 5.74) is 2.89. The number of carbonyl (C=O) groups is 1. The monoisotopic (exact) mass is 318 g/mol. The highest BCUT2D eigenvalue weighted by Gasteiger charge is 2.15. The molecule has 1 unspecified atom stereocenters. The first kappa shape index (κ1) is 15.7. The predicted octanol–water partition coefficient (Wildman–Crippen LogP) is 2.73. The number of amides is 1. The fourth-order valence-electron chi connectivity index (χ4n) is 2.45. The Kier molecular flexibility index (Phi) is 4.81. The molecule has 1 atom stereocenters. The molecular formula is C19H18N4O. The van der Waals surface area contributed by atoms with Crippen LogP contribution in [0, 0.1) is 0 Å². The number of rotatable bonds is 5. The molecule has 0 fully saturated rings. The predicted molar refractivity (Wildman–Crippen MR) is 92.9 cm³/mol. The van der Waals surface area contributed by atoms with Crippen LogP contribution in [0.2, 0.25) is 0 Å². The van der Waals surface area contributed by atoms with E-state index in [0.717, 1.165) is 16.7 Å². The summed E-state index contributed by atoms with van der Waals surface area (Å²) in [6.45, 7) is 0. The van der Waals surface area contributed by atoms with E-state index in [4.69, 9.17) is 0 Å². The van der Waals surface area contributed by atoms with Crippen molar-refractivity contribution in [3.63, 3.8) is 0 Å². The summed E-state index contributed by atoms with van der Waals surface area (Å²) in [7, 11) is 1.84. The second kappa shape index (κ2) is 7.37. The maximum atomic E-state index is 12.3. The van der Waals surface area contributed by atoms with E-state index >= 15 is 0 Å². The van der Waals surface area contributed by atoms with E-state index in [1.807, 2.05) is 55.7 Å². The molecule has 120 valence electrons. The topological polar surface area (TPSA) is 59.8 Å². The summed E-state index contributed by atoms with van der Waals surface area (Å²) in [6.07, 6.45) is 10.3. The van der Waals surface area contributed by atoms with Gasteiger partial charge in [0.15, 0.2) is 0 Å². The minimum Gasteiger partial charge on any atom is -0.342 e. The van der Waals surface area contributed by atoms with Crippen molar-refractivity contribution in [2.45, 2.75) is 6.04 Å². The summed E-state index contributed by atoms with van der Waals surface area (Å²) in [6, 6.07) is 13.5. The van der Waals surface area contributed by atoms with Gasteiger partial charge in [-0.2, -0.15) is 5.10 Å². The quantitative estimate of drug-likeness (QED) is 0.736. The zero-order chi connectivity index (χ0) is 16.8. The van der Waals surface area contributed by atoms with E-state index in [9.17, 15) is 4.79 Å². The van der Waals surface area contributed by atoms with Crippen molar-refractivity contribution in [1.82, 2.24) is 20.1 Å². The van der Waals surface area contributed by atoms with E-state index in [1.165, 1.54) is 6.08 Å². The van der Waals surface area contributed by atoms with Crippen molar-refractivity contribution in [3.8, 4) is 0 Å². The number of nitrogens with zero attached hydrogens (tertiary/aromatic N) is 3. The Bertz CT molecular complexity index is 785.